The van der Waals surface area contributed by atoms with Gasteiger partial charge in [0.25, 0.3) is 5.91 Å². The van der Waals surface area contributed by atoms with Crippen molar-refractivity contribution in [3.63, 3.8) is 0 Å². The summed E-state index contributed by atoms with van der Waals surface area (Å²) in [5.74, 6) is 0.0174. The van der Waals surface area contributed by atoms with E-state index in [9.17, 15) is 14.3 Å². The number of anilines is 2. The lowest BCUT2D eigenvalue weighted by molar-refractivity contribution is -0.124. The molecule has 2 aromatic carbocycles. The molecule has 7 nitrogen and oxygen atoms in total. The number of aryl methyl sites for hydroxylation is 3. The van der Waals surface area contributed by atoms with Crippen molar-refractivity contribution in [3.05, 3.63) is 77.1 Å². The van der Waals surface area contributed by atoms with Crippen molar-refractivity contribution in [3.8, 4) is 11.3 Å². The van der Waals surface area contributed by atoms with Gasteiger partial charge in [0, 0.05) is 17.4 Å². The van der Waals surface area contributed by atoms with Crippen LogP contribution >= 0.6 is 0 Å². The highest BCUT2D eigenvalue weighted by atomic mass is 19.1. The molecule has 0 spiro atoms. The van der Waals surface area contributed by atoms with Crippen LogP contribution in [0.2, 0.25) is 0 Å². The summed E-state index contributed by atoms with van der Waals surface area (Å²) in [6.07, 6.45) is 0.402. The van der Waals surface area contributed by atoms with Crippen LogP contribution < -0.4 is 11.1 Å². The van der Waals surface area contributed by atoms with Crippen molar-refractivity contribution in [2.45, 2.75) is 26.9 Å². The van der Waals surface area contributed by atoms with Crippen LogP contribution in [0.15, 0.2) is 48.7 Å². The Bertz CT molecular complexity index is 1320. The van der Waals surface area contributed by atoms with Crippen LogP contribution in [0.1, 0.15) is 28.7 Å². The largest absolute Gasteiger partial charge is 0.382 e. The van der Waals surface area contributed by atoms with Crippen molar-refractivity contribution in [1.82, 2.24) is 14.4 Å². The SMILES string of the molecule is Cc1cn2c(C)nc(-c3ccc(NC(=O)[C@H](O)c4cccc(F)c4)cc3C)c2c(N)n1. The Morgan fingerprint density at radius 1 is 1.16 bits per heavy atom. The molecule has 4 rings (SSSR count). The Balaban J connectivity index is 1.64. The minimum atomic E-state index is -1.48. The highest BCUT2D eigenvalue weighted by Crippen LogP contribution is 2.32. The second-order valence-electron chi connectivity index (χ2n) is 7.47. The van der Waals surface area contributed by atoms with E-state index >= 15 is 0 Å². The van der Waals surface area contributed by atoms with Crippen molar-refractivity contribution in [1.29, 1.82) is 0 Å². The first-order valence-electron chi connectivity index (χ1n) is 9.72. The van der Waals surface area contributed by atoms with Gasteiger partial charge in [0.2, 0.25) is 0 Å². The fourth-order valence-corrected chi connectivity index (χ4v) is 3.64. The Morgan fingerprint density at radius 2 is 1.94 bits per heavy atom. The van der Waals surface area contributed by atoms with Crippen LogP contribution in [0, 0.1) is 26.6 Å². The van der Waals surface area contributed by atoms with Crippen molar-refractivity contribution >= 4 is 22.9 Å². The van der Waals surface area contributed by atoms with Gasteiger partial charge in [-0.25, -0.2) is 14.4 Å². The van der Waals surface area contributed by atoms with Gasteiger partial charge in [0.15, 0.2) is 6.10 Å². The zero-order valence-electron chi connectivity index (χ0n) is 17.3. The van der Waals surface area contributed by atoms with Gasteiger partial charge < -0.3 is 16.2 Å². The molecule has 8 heteroatoms. The third kappa shape index (κ3) is 3.85. The van der Waals surface area contributed by atoms with Crippen LogP contribution in [-0.2, 0) is 4.79 Å². The molecule has 0 radical (unpaired) electrons. The van der Waals surface area contributed by atoms with E-state index in [1.807, 2.05) is 37.4 Å². The smallest absolute Gasteiger partial charge is 0.257 e. The van der Waals surface area contributed by atoms with Crippen LogP contribution in [0.5, 0.6) is 0 Å². The van der Waals surface area contributed by atoms with Gasteiger partial charge in [0.1, 0.15) is 28.7 Å². The van der Waals surface area contributed by atoms with Gasteiger partial charge in [-0.2, -0.15) is 0 Å². The summed E-state index contributed by atoms with van der Waals surface area (Å²) in [5.41, 5.74) is 10.8. The molecule has 4 aromatic rings. The monoisotopic (exact) mass is 419 g/mol. The molecule has 0 aliphatic heterocycles. The molecular weight excluding hydrogens is 397 g/mol. The van der Waals surface area contributed by atoms with Crippen molar-refractivity contribution < 1.29 is 14.3 Å². The Kier molecular flexibility index (Phi) is 5.16. The number of nitrogens with one attached hydrogen (secondary N) is 1. The summed E-state index contributed by atoms with van der Waals surface area (Å²) in [6.45, 7) is 5.66. The van der Waals surface area contributed by atoms with E-state index in [0.29, 0.717) is 17.2 Å². The minimum Gasteiger partial charge on any atom is -0.382 e. The molecule has 158 valence electrons. The number of nitrogens with zero attached hydrogens (tertiary/aromatic N) is 3. The minimum absolute atomic E-state index is 0.184. The normalized spacial score (nSPS) is 12.2. The lowest BCUT2D eigenvalue weighted by atomic mass is 10.0. The highest BCUT2D eigenvalue weighted by Gasteiger charge is 2.20. The zero-order valence-corrected chi connectivity index (χ0v) is 17.3. The van der Waals surface area contributed by atoms with Gasteiger partial charge in [0.05, 0.1) is 5.69 Å². The molecule has 0 fully saturated rings. The number of hydrogen-bond donors (Lipinski definition) is 3. The van der Waals surface area contributed by atoms with E-state index in [1.54, 1.807) is 12.1 Å². The molecule has 0 aliphatic carbocycles. The quantitative estimate of drug-likeness (QED) is 0.468. The first kappa shape index (κ1) is 20.5. The fourth-order valence-electron chi connectivity index (χ4n) is 3.64. The highest BCUT2D eigenvalue weighted by molar-refractivity contribution is 5.95. The number of carbonyl (C=O) groups excluding carboxylic acids is 1. The average Bonchev–Trinajstić information content (AvgIpc) is 3.04. The molecule has 0 saturated heterocycles. The van der Waals surface area contributed by atoms with Crippen LogP contribution in [-0.4, -0.2) is 25.4 Å². The number of rotatable bonds is 4. The molecule has 31 heavy (non-hydrogen) atoms. The van der Waals surface area contributed by atoms with Crippen molar-refractivity contribution in [2.24, 2.45) is 0 Å². The van der Waals surface area contributed by atoms with E-state index in [2.05, 4.69) is 15.3 Å². The number of hydrogen-bond acceptors (Lipinski definition) is 5. The molecule has 0 bridgehead atoms. The molecule has 0 saturated carbocycles. The Labute approximate surface area is 178 Å². The van der Waals surface area contributed by atoms with Gasteiger partial charge in [-0.3, -0.25) is 9.20 Å². The lowest BCUT2D eigenvalue weighted by Crippen LogP contribution is -2.21. The third-order valence-corrected chi connectivity index (χ3v) is 5.10. The van der Waals surface area contributed by atoms with E-state index in [-0.39, 0.29) is 5.56 Å². The molecule has 2 heterocycles. The van der Waals surface area contributed by atoms with Gasteiger partial charge >= 0.3 is 0 Å². The number of nitrogen functional groups attached to an aromatic ring is 1. The Morgan fingerprint density at radius 3 is 2.65 bits per heavy atom. The molecule has 2 aromatic heterocycles. The number of aromatic nitrogens is 3. The van der Waals surface area contributed by atoms with Crippen LogP contribution in [0.25, 0.3) is 16.8 Å². The summed E-state index contributed by atoms with van der Waals surface area (Å²) >= 11 is 0. The number of nitrogens with two attached hydrogens (primary N) is 1. The number of benzene rings is 2. The van der Waals surface area contributed by atoms with Crippen LogP contribution in [0.4, 0.5) is 15.9 Å². The Hall–Kier alpha value is -3.78. The number of fused-ring (bicyclic) bond motifs is 1. The average molecular weight is 419 g/mol. The summed E-state index contributed by atoms with van der Waals surface area (Å²) in [5, 5.41) is 12.9. The molecule has 1 amide bonds. The number of carbonyl (C=O) groups is 1. The van der Waals surface area contributed by atoms with Gasteiger partial charge in [-0.15, -0.1) is 0 Å². The molecule has 0 aliphatic rings. The predicted molar refractivity (Wildman–Crippen MR) is 117 cm³/mol. The maximum atomic E-state index is 13.4. The standard InChI is InChI=1S/C23H22FN5O2/c1-12-9-17(28-23(31)21(30)15-5-4-6-16(24)10-15)7-8-18(12)19-20-22(25)26-13(2)11-29(20)14(3)27-19/h4-11,21,30H,1-3H3,(H2,25,26)(H,28,31)/t21-/m1/s1. The maximum Gasteiger partial charge on any atom is 0.257 e. The zero-order chi connectivity index (χ0) is 22.3. The van der Waals surface area contributed by atoms with Gasteiger partial charge in [-0.1, -0.05) is 18.2 Å². The first-order chi connectivity index (χ1) is 14.7. The first-order valence-corrected chi connectivity index (χ1v) is 9.72. The number of aliphatic hydroxyl groups is 1. The molecule has 1 atom stereocenters. The van der Waals surface area contributed by atoms with E-state index in [4.69, 9.17) is 5.73 Å². The summed E-state index contributed by atoms with van der Waals surface area (Å²) < 4.78 is 15.3. The third-order valence-electron chi connectivity index (χ3n) is 5.10. The van der Waals surface area contributed by atoms with Crippen molar-refractivity contribution in [2.75, 3.05) is 11.1 Å². The fraction of sp³-hybridized carbons (Fsp3) is 0.174. The predicted octanol–water partition coefficient (Wildman–Crippen LogP) is 3.71. The van der Waals surface area contributed by atoms with E-state index < -0.39 is 17.8 Å². The second-order valence-corrected chi connectivity index (χ2v) is 7.47. The molecule has 4 N–H and O–H groups in total. The van der Waals surface area contributed by atoms with Gasteiger partial charge in [-0.05, 0) is 56.2 Å². The molecular formula is C23H22FN5O2. The number of amides is 1. The van der Waals surface area contributed by atoms with E-state index in [1.165, 1.54) is 18.2 Å². The summed E-state index contributed by atoms with van der Waals surface area (Å²) in [7, 11) is 0. The number of halogens is 1. The lowest BCUT2D eigenvalue weighted by Gasteiger charge is -2.13. The summed E-state index contributed by atoms with van der Waals surface area (Å²) in [6, 6.07) is 10.7. The maximum absolute atomic E-state index is 13.4. The number of imidazole rings is 1. The van der Waals surface area contributed by atoms with E-state index in [0.717, 1.165) is 34.2 Å². The second kappa shape index (κ2) is 7.81. The van der Waals surface area contributed by atoms with Crippen LogP contribution in [0.3, 0.4) is 0 Å². The topological polar surface area (TPSA) is 106 Å². The number of aliphatic hydroxyl groups excluding tert-OH is 1. The summed E-state index contributed by atoms with van der Waals surface area (Å²) in [4.78, 5) is 21.4. The molecule has 0 unspecified atom stereocenters.